The fourth-order valence-electron chi connectivity index (χ4n) is 2.48. The highest BCUT2D eigenvalue weighted by Gasteiger charge is 2.25. The number of nitrogens with one attached hydrogen (secondary N) is 1. The Balaban J connectivity index is 2.55. The van der Waals surface area contributed by atoms with Gasteiger partial charge in [-0.1, -0.05) is 6.92 Å². The van der Waals surface area contributed by atoms with Gasteiger partial charge >= 0.3 is 5.97 Å². The molecule has 1 saturated heterocycles. The lowest BCUT2D eigenvalue weighted by molar-refractivity contribution is -0.137. The molecule has 2 N–H and O–H groups in total. The maximum absolute atomic E-state index is 12.3. The molecule has 0 spiro atoms. The first-order chi connectivity index (χ1) is 9.45. The largest absolute Gasteiger partial charge is 0.481 e. The summed E-state index contributed by atoms with van der Waals surface area (Å²) in [5.41, 5.74) is 0. The van der Waals surface area contributed by atoms with Crippen LogP contribution in [0.5, 0.6) is 0 Å². The SMILES string of the molecule is CCCN(CC1CCNCC1)S(=O)(=O)CCCC(=O)O. The van der Waals surface area contributed by atoms with Crippen LogP contribution in [0.3, 0.4) is 0 Å². The van der Waals surface area contributed by atoms with Gasteiger partial charge in [-0.05, 0) is 44.7 Å². The number of carboxylic acids is 1. The Bertz CT molecular complexity index is 391. The standard InChI is InChI=1S/C13H26N2O4S/c1-2-9-15(11-12-5-7-14-8-6-12)20(18,19)10-3-4-13(16)17/h12,14H,2-11H2,1H3,(H,16,17). The van der Waals surface area contributed by atoms with Crippen LogP contribution in [0.15, 0.2) is 0 Å². The molecule has 0 bridgehead atoms. The molecule has 0 aliphatic carbocycles. The maximum Gasteiger partial charge on any atom is 0.303 e. The predicted octanol–water partition coefficient (Wildman–Crippen LogP) is 0.893. The Morgan fingerprint density at radius 1 is 1.35 bits per heavy atom. The second-order valence-corrected chi connectivity index (χ2v) is 7.45. The Morgan fingerprint density at radius 2 is 2.00 bits per heavy atom. The van der Waals surface area contributed by atoms with Gasteiger partial charge in [0, 0.05) is 19.5 Å². The molecule has 1 fully saturated rings. The summed E-state index contributed by atoms with van der Waals surface area (Å²) in [6.45, 7) is 4.96. The smallest absolute Gasteiger partial charge is 0.303 e. The molecule has 0 radical (unpaired) electrons. The van der Waals surface area contributed by atoms with Crippen molar-refractivity contribution in [3.8, 4) is 0 Å². The van der Waals surface area contributed by atoms with Crippen LogP contribution in [0.1, 0.15) is 39.0 Å². The molecule has 7 heteroatoms. The van der Waals surface area contributed by atoms with Crippen molar-refractivity contribution in [2.45, 2.75) is 39.0 Å². The molecular weight excluding hydrogens is 280 g/mol. The van der Waals surface area contributed by atoms with Crippen molar-refractivity contribution in [3.05, 3.63) is 0 Å². The zero-order valence-corrected chi connectivity index (χ0v) is 13.0. The fourth-order valence-corrected chi connectivity index (χ4v) is 4.15. The molecule has 0 aromatic carbocycles. The maximum atomic E-state index is 12.3. The average molecular weight is 306 g/mol. The molecule has 0 atom stereocenters. The van der Waals surface area contributed by atoms with Gasteiger partial charge in [-0.3, -0.25) is 4.79 Å². The second-order valence-electron chi connectivity index (χ2n) is 5.36. The molecule has 118 valence electrons. The van der Waals surface area contributed by atoms with Crippen LogP contribution in [0.2, 0.25) is 0 Å². The van der Waals surface area contributed by atoms with Crippen molar-refractivity contribution in [1.29, 1.82) is 0 Å². The van der Waals surface area contributed by atoms with Crippen molar-refractivity contribution in [2.24, 2.45) is 5.92 Å². The lowest BCUT2D eigenvalue weighted by atomic mass is 9.98. The van der Waals surface area contributed by atoms with Gasteiger partial charge in [0.2, 0.25) is 10.0 Å². The number of aliphatic carboxylic acids is 1. The van der Waals surface area contributed by atoms with E-state index in [-0.39, 0.29) is 18.6 Å². The van der Waals surface area contributed by atoms with Crippen molar-refractivity contribution in [1.82, 2.24) is 9.62 Å². The van der Waals surface area contributed by atoms with Crippen molar-refractivity contribution < 1.29 is 18.3 Å². The predicted molar refractivity (Wildman–Crippen MR) is 78.1 cm³/mol. The lowest BCUT2D eigenvalue weighted by Gasteiger charge is -2.29. The highest BCUT2D eigenvalue weighted by atomic mass is 32.2. The van der Waals surface area contributed by atoms with E-state index < -0.39 is 16.0 Å². The molecule has 6 nitrogen and oxygen atoms in total. The molecule has 1 heterocycles. The first-order valence-corrected chi connectivity index (χ1v) is 8.97. The monoisotopic (exact) mass is 306 g/mol. The summed E-state index contributed by atoms with van der Waals surface area (Å²) in [6, 6.07) is 0. The van der Waals surface area contributed by atoms with Gasteiger partial charge in [-0.15, -0.1) is 0 Å². The van der Waals surface area contributed by atoms with E-state index in [0.717, 1.165) is 32.4 Å². The molecular formula is C13H26N2O4S. The molecule has 0 saturated carbocycles. The van der Waals surface area contributed by atoms with Gasteiger partial charge < -0.3 is 10.4 Å². The minimum atomic E-state index is -3.33. The summed E-state index contributed by atoms with van der Waals surface area (Å²) < 4.78 is 26.1. The summed E-state index contributed by atoms with van der Waals surface area (Å²) in [5.74, 6) is -0.595. The van der Waals surface area contributed by atoms with E-state index in [1.54, 1.807) is 4.31 Å². The van der Waals surface area contributed by atoms with Crippen LogP contribution >= 0.6 is 0 Å². The number of carbonyl (C=O) groups is 1. The molecule has 1 aliphatic heterocycles. The van der Waals surface area contributed by atoms with Crippen LogP contribution in [0.4, 0.5) is 0 Å². The van der Waals surface area contributed by atoms with Crippen LogP contribution < -0.4 is 5.32 Å². The summed E-state index contributed by atoms with van der Waals surface area (Å²) in [6.07, 6.45) is 2.88. The van der Waals surface area contributed by atoms with E-state index in [1.807, 2.05) is 6.92 Å². The third-order valence-electron chi connectivity index (χ3n) is 3.58. The summed E-state index contributed by atoms with van der Waals surface area (Å²) >= 11 is 0. The van der Waals surface area contributed by atoms with Crippen molar-refractivity contribution in [2.75, 3.05) is 31.9 Å². The molecule has 1 aliphatic rings. The summed E-state index contributed by atoms with van der Waals surface area (Å²) in [7, 11) is -3.33. The van der Waals surface area contributed by atoms with Crippen LogP contribution in [0, 0.1) is 5.92 Å². The number of carboxylic acid groups (broad SMARTS) is 1. The number of sulfonamides is 1. The normalized spacial score (nSPS) is 17.5. The number of piperidine rings is 1. The zero-order valence-electron chi connectivity index (χ0n) is 12.2. The van der Waals surface area contributed by atoms with E-state index in [9.17, 15) is 13.2 Å². The third kappa shape index (κ3) is 6.19. The number of hydrogen-bond donors (Lipinski definition) is 2. The van der Waals surface area contributed by atoms with Gasteiger partial charge in [-0.25, -0.2) is 12.7 Å². The molecule has 1 rings (SSSR count). The van der Waals surface area contributed by atoms with E-state index in [4.69, 9.17) is 5.11 Å². The highest BCUT2D eigenvalue weighted by Crippen LogP contribution is 2.17. The van der Waals surface area contributed by atoms with E-state index in [0.29, 0.717) is 19.0 Å². The van der Waals surface area contributed by atoms with Gasteiger partial charge in [0.25, 0.3) is 0 Å². The molecule has 0 unspecified atom stereocenters. The summed E-state index contributed by atoms with van der Waals surface area (Å²) in [4.78, 5) is 10.5. The van der Waals surface area contributed by atoms with Gasteiger partial charge in [0.1, 0.15) is 0 Å². The van der Waals surface area contributed by atoms with E-state index >= 15 is 0 Å². The fraction of sp³-hybridized carbons (Fsp3) is 0.923. The molecule has 0 amide bonds. The topological polar surface area (TPSA) is 86.7 Å². The summed E-state index contributed by atoms with van der Waals surface area (Å²) in [5, 5.41) is 11.9. The highest BCUT2D eigenvalue weighted by molar-refractivity contribution is 7.89. The second kappa shape index (κ2) is 8.59. The van der Waals surface area contributed by atoms with Gasteiger partial charge in [0.15, 0.2) is 0 Å². The van der Waals surface area contributed by atoms with Crippen molar-refractivity contribution in [3.63, 3.8) is 0 Å². The van der Waals surface area contributed by atoms with E-state index in [1.165, 1.54) is 0 Å². The Kier molecular flexibility index (Phi) is 7.47. The zero-order chi connectivity index (χ0) is 15.0. The van der Waals surface area contributed by atoms with Gasteiger partial charge in [-0.2, -0.15) is 0 Å². The number of nitrogens with zero attached hydrogens (tertiary/aromatic N) is 1. The van der Waals surface area contributed by atoms with Crippen LogP contribution in [-0.2, 0) is 14.8 Å². The van der Waals surface area contributed by atoms with Crippen LogP contribution in [0.25, 0.3) is 0 Å². The molecule has 0 aromatic rings. The van der Waals surface area contributed by atoms with E-state index in [2.05, 4.69) is 5.32 Å². The average Bonchev–Trinajstić information content (AvgIpc) is 2.38. The van der Waals surface area contributed by atoms with Crippen LogP contribution in [-0.4, -0.2) is 55.7 Å². The minimum absolute atomic E-state index is 0.0652. The first kappa shape index (κ1) is 17.4. The molecule has 0 aromatic heterocycles. The van der Waals surface area contributed by atoms with Crippen molar-refractivity contribution >= 4 is 16.0 Å². The Morgan fingerprint density at radius 3 is 2.55 bits per heavy atom. The quantitative estimate of drug-likeness (QED) is 0.661. The number of hydrogen-bond acceptors (Lipinski definition) is 4. The Labute approximate surface area is 121 Å². The molecule has 20 heavy (non-hydrogen) atoms. The minimum Gasteiger partial charge on any atom is -0.481 e. The first-order valence-electron chi connectivity index (χ1n) is 7.36. The third-order valence-corrected chi connectivity index (χ3v) is 5.50. The van der Waals surface area contributed by atoms with Gasteiger partial charge in [0.05, 0.1) is 5.75 Å². The number of rotatable bonds is 9. The Hall–Kier alpha value is -0.660. The lowest BCUT2D eigenvalue weighted by Crippen LogP contribution is -2.40.